The van der Waals surface area contributed by atoms with Crippen LogP contribution in [0.25, 0.3) is 0 Å². The van der Waals surface area contributed by atoms with Crippen molar-refractivity contribution in [3.63, 3.8) is 0 Å². The summed E-state index contributed by atoms with van der Waals surface area (Å²) in [7, 11) is 0. The lowest BCUT2D eigenvalue weighted by Crippen LogP contribution is -2.44. The van der Waals surface area contributed by atoms with Crippen LogP contribution in [0.4, 0.5) is 0 Å². The average molecular weight is 301 g/mol. The monoisotopic (exact) mass is 301 g/mol. The molecule has 1 fully saturated rings. The van der Waals surface area contributed by atoms with E-state index >= 15 is 0 Å². The van der Waals surface area contributed by atoms with Crippen LogP contribution in [0.1, 0.15) is 46.5 Å². The molecular weight excluding hydrogens is 278 g/mol. The largest absolute Gasteiger partial charge is 0.480 e. The number of amides is 1. The van der Waals surface area contributed by atoms with Crippen LogP contribution in [0.3, 0.4) is 0 Å². The smallest absolute Gasteiger partial charge is 0.326 e. The third kappa shape index (κ3) is 7.08. The number of carbonyl (C=O) groups excluding carboxylic acids is 2. The first-order valence-electron chi connectivity index (χ1n) is 7.03. The maximum absolute atomic E-state index is 11.8. The number of ether oxygens (including phenoxy) is 2. The van der Waals surface area contributed by atoms with E-state index in [0.29, 0.717) is 6.61 Å². The molecule has 2 atom stereocenters. The van der Waals surface area contributed by atoms with E-state index in [0.717, 1.165) is 12.8 Å². The first-order valence-corrected chi connectivity index (χ1v) is 7.03. The number of aliphatic carboxylic acids is 1. The van der Waals surface area contributed by atoms with Crippen LogP contribution in [0.2, 0.25) is 0 Å². The third-order valence-corrected chi connectivity index (χ3v) is 2.86. The highest BCUT2D eigenvalue weighted by Crippen LogP contribution is 2.15. The third-order valence-electron chi connectivity index (χ3n) is 2.86. The van der Waals surface area contributed by atoms with Crippen molar-refractivity contribution < 1.29 is 29.0 Å². The van der Waals surface area contributed by atoms with Gasteiger partial charge >= 0.3 is 11.9 Å². The molecule has 0 aliphatic carbocycles. The molecule has 0 aromatic carbocycles. The maximum atomic E-state index is 11.8. The van der Waals surface area contributed by atoms with E-state index in [1.807, 2.05) is 0 Å². The highest BCUT2D eigenvalue weighted by atomic mass is 16.6. The summed E-state index contributed by atoms with van der Waals surface area (Å²) in [4.78, 5) is 34.5. The number of nitrogens with one attached hydrogen (secondary N) is 1. The second-order valence-corrected chi connectivity index (χ2v) is 6.09. The first-order chi connectivity index (χ1) is 9.67. The molecule has 2 N–H and O–H groups in total. The van der Waals surface area contributed by atoms with Crippen LogP contribution in [0.5, 0.6) is 0 Å². The van der Waals surface area contributed by atoms with Gasteiger partial charge in [-0.15, -0.1) is 0 Å². The number of hydrogen-bond acceptors (Lipinski definition) is 5. The summed E-state index contributed by atoms with van der Waals surface area (Å²) < 4.78 is 10.4. The summed E-state index contributed by atoms with van der Waals surface area (Å²) in [5, 5.41) is 11.4. The Bertz CT molecular complexity index is 395. The second kappa shape index (κ2) is 7.40. The van der Waals surface area contributed by atoms with Crippen molar-refractivity contribution in [1.82, 2.24) is 5.32 Å². The fourth-order valence-corrected chi connectivity index (χ4v) is 2.02. The van der Waals surface area contributed by atoms with Crippen molar-refractivity contribution >= 4 is 17.8 Å². The SMILES string of the molecule is CC(C)(C)OC(=O)C[C@H](NC(=O)CC1CCCO1)C(=O)O. The molecule has 0 spiro atoms. The molecule has 21 heavy (non-hydrogen) atoms. The standard InChI is InChI=1S/C14H23NO6/c1-14(2,3)21-12(17)8-10(13(18)19)15-11(16)7-9-5-4-6-20-9/h9-10H,4-8H2,1-3H3,(H,15,16)(H,18,19)/t9?,10-/m0/s1. The number of carboxylic acids is 1. The minimum Gasteiger partial charge on any atom is -0.480 e. The topological polar surface area (TPSA) is 102 Å². The lowest BCUT2D eigenvalue weighted by atomic mass is 10.1. The quantitative estimate of drug-likeness (QED) is 0.705. The van der Waals surface area contributed by atoms with E-state index in [1.165, 1.54) is 0 Å². The summed E-state index contributed by atoms with van der Waals surface area (Å²) in [6, 6.07) is -1.28. The Morgan fingerprint density at radius 3 is 2.52 bits per heavy atom. The lowest BCUT2D eigenvalue weighted by Gasteiger charge is -2.21. The minimum absolute atomic E-state index is 0.109. The Morgan fingerprint density at radius 1 is 1.38 bits per heavy atom. The fraction of sp³-hybridized carbons (Fsp3) is 0.786. The zero-order valence-electron chi connectivity index (χ0n) is 12.7. The van der Waals surface area contributed by atoms with Crippen LogP contribution < -0.4 is 5.32 Å². The van der Waals surface area contributed by atoms with Crippen molar-refractivity contribution in [2.45, 2.75) is 64.2 Å². The molecule has 1 heterocycles. The average Bonchev–Trinajstić information content (AvgIpc) is 2.77. The van der Waals surface area contributed by atoms with Gasteiger partial charge in [0, 0.05) is 6.61 Å². The Labute approximate surface area is 124 Å². The van der Waals surface area contributed by atoms with Crippen molar-refractivity contribution in [3.05, 3.63) is 0 Å². The number of carboxylic acid groups (broad SMARTS) is 1. The molecule has 1 unspecified atom stereocenters. The van der Waals surface area contributed by atoms with Gasteiger partial charge in [-0.05, 0) is 33.6 Å². The Kier molecular flexibility index (Phi) is 6.14. The summed E-state index contributed by atoms with van der Waals surface area (Å²) in [5.41, 5.74) is -0.693. The molecule has 1 aliphatic heterocycles. The van der Waals surface area contributed by atoms with Crippen molar-refractivity contribution in [1.29, 1.82) is 0 Å². The number of carbonyl (C=O) groups is 3. The van der Waals surface area contributed by atoms with Gasteiger partial charge in [0.2, 0.25) is 5.91 Å². The van der Waals surface area contributed by atoms with Gasteiger partial charge in [0.15, 0.2) is 0 Å². The van der Waals surface area contributed by atoms with Gasteiger partial charge in [0.1, 0.15) is 11.6 Å². The highest BCUT2D eigenvalue weighted by Gasteiger charge is 2.28. The molecular formula is C14H23NO6. The Balaban J connectivity index is 2.47. The zero-order valence-corrected chi connectivity index (χ0v) is 12.7. The summed E-state index contributed by atoms with van der Waals surface area (Å²) in [5.74, 6) is -2.35. The van der Waals surface area contributed by atoms with Crippen LogP contribution in [-0.2, 0) is 23.9 Å². The first kappa shape index (κ1) is 17.4. The number of rotatable bonds is 6. The molecule has 0 saturated carbocycles. The molecule has 7 heteroatoms. The van der Waals surface area contributed by atoms with Gasteiger partial charge in [-0.1, -0.05) is 0 Å². The molecule has 7 nitrogen and oxygen atoms in total. The normalized spacial score (nSPS) is 19.9. The summed E-state index contributed by atoms with van der Waals surface area (Å²) >= 11 is 0. The van der Waals surface area contributed by atoms with Gasteiger partial charge in [-0.25, -0.2) is 4.79 Å². The van der Waals surface area contributed by atoms with Gasteiger partial charge in [0.05, 0.1) is 18.9 Å². The van der Waals surface area contributed by atoms with Crippen molar-refractivity contribution in [2.24, 2.45) is 0 Å². The summed E-state index contributed by atoms with van der Waals surface area (Å²) in [6.07, 6.45) is 1.23. The molecule has 0 aromatic heterocycles. The molecule has 0 bridgehead atoms. The van der Waals surface area contributed by atoms with E-state index in [2.05, 4.69) is 5.32 Å². The Hall–Kier alpha value is -1.63. The van der Waals surface area contributed by atoms with Gasteiger partial charge in [-0.2, -0.15) is 0 Å². The maximum Gasteiger partial charge on any atom is 0.326 e. The van der Waals surface area contributed by atoms with Gasteiger partial charge in [0.25, 0.3) is 0 Å². The molecule has 1 amide bonds. The van der Waals surface area contributed by atoms with Crippen LogP contribution in [0, 0.1) is 0 Å². The van der Waals surface area contributed by atoms with Crippen molar-refractivity contribution in [2.75, 3.05) is 6.61 Å². The van der Waals surface area contributed by atoms with Crippen molar-refractivity contribution in [3.8, 4) is 0 Å². The molecule has 0 radical (unpaired) electrons. The van der Waals surface area contributed by atoms with E-state index in [-0.39, 0.29) is 12.5 Å². The van der Waals surface area contributed by atoms with Crippen LogP contribution in [-0.4, -0.2) is 47.3 Å². The van der Waals surface area contributed by atoms with Gasteiger partial charge < -0.3 is 19.9 Å². The van der Waals surface area contributed by atoms with Crippen LogP contribution >= 0.6 is 0 Å². The highest BCUT2D eigenvalue weighted by molar-refractivity contribution is 5.87. The Morgan fingerprint density at radius 2 is 2.05 bits per heavy atom. The number of esters is 1. The van der Waals surface area contributed by atoms with E-state index in [1.54, 1.807) is 20.8 Å². The predicted molar refractivity (Wildman–Crippen MR) is 73.6 cm³/mol. The molecule has 1 aliphatic rings. The van der Waals surface area contributed by atoms with Gasteiger partial charge in [-0.3, -0.25) is 9.59 Å². The molecule has 1 rings (SSSR count). The fourth-order valence-electron chi connectivity index (χ4n) is 2.02. The molecule has 120 valence electrons. The van der Waals surface area contributed by atoms with E-state index < -0.39 is 35.9 Å². The molecule has 1 saturated heterocycles. The van der Waals surface area contributed by atoms with E-state index in [4.69, 9.17) is 14.6 Å². The predicted octanol–water partition coefficient (Wildman–Crippen LogP) is 0.857. The van der Waals surface area contributed by atoms with E-state index in [9.17, 15) is 14.4 Å². The lowest BCUT2D eigenvalue weighted by molar-refractivity contribution is -0.158. The minimum atomic E-state index is -1.28. The zero-order chi connectivity index (χ0) is 16.0. The molecule has 0 aromatic rings. The second-order valence-electron chi connectivity index (χ2n) is 6.09. The van der Waals surface area contributed by atoms with Crippen LogP contribution in [0.15, 0.2) is 0 Å². The summed E-state index contributed by atoms with van der Waals surface area (Å²) in [6.45, 7) is 5.70. The number of hydrogen-bond donors (Lipinski definition) is 2.